The number of imide groups is 1. The number of amides is 2. The number of aliphatic hydroxyl groups excluding tert-OH is 1. The predicted molar refractivity (Wildman–Crippen MR) is 77.2 cm³/mol. The van der Waals surface area contributed by atoms with Gasteiger partial charge in [-0.25, -0.2) is 8.78 Å². The van der Waals surface area contributed by atoms with E-state index in [4.69, 9.17) is 0 Å². The van der Waals surface area contributed by atoms with Crippen molar-refractivity contribution in [1.29, 1.82) is 0 Å². The fourth-order valence-electron chi connectivity index (χ4n) is 3.32. The average Bonchev–Trinajstić information content (AvgIpc) is 3.03. The van der Waals surface area contributed by atoms with Crippen molar-refractivity contribution in [1.82, 2.24) is 9.80 Å². The molecule has 1 N–H and O–H groups in total. The molecule has 2 saturated heterocycles. The minimum Gasteiger partial charge on any atom is -0.392 e. The van der Waals surface area contributed by atoms with Crippen LogP contribution in [0.2, 0.25) is 0 Å². The zero-order chi connectivity index (χ0) is 16.6. The Kier molecular flexibility index (Phi) is 4.41. The first-order valence-corrected chi connectivity index (χ1v) is 7.66. The maximum absolute atomic E-state index is 14.0. The lowest BCUT2D eigenvalue weighted by Gasteiger charge is -2.26. The largest absolute Gasteiger partial charge is 0.392 e. The van der Waals surface area contributed by atoms with Crippen molar-refractivity contribution in [3.8, 4) is 0 Å². The molecule has 2 aliphatic heterocycles. The third-order valence-corrected chi connectivity index (χ3v) is 4.46. The molecule has 0 saturated carbocycles. The van der Waals surface area contributed by atoms with E-state index in [0.29, 0.717) is 19.5 Å². The van der Waals surface area contributed by atoms with E-state index in [9.17, 15) is 23.5 Å². The minimum atomic E-state index is -0.646. The van der Waals surface area contributed by atoms with Crippen LogP contribution in [0.15, 0.2) is 18.2 Å². The van der Waals surface area contributed by atoms with Gasteiger partial charge in [0.2, 0.25) is 11.8 Å². The lowest BCUT2D eigenvalue weighted by atomic mass is 10.0. The Morgan fingerprint density at radius 1 is 1.13 bits per heavy atom. The summed E-state index contributed by atoms with van der Waals surface area (Å²) in [4.78, 5) is 26.3. The van der Waals surface area contributed by atoms with Crippen molar-refractivity contribution >= 4 is 11.8 Å². The van der Waals surface area contributed by atoms with Crippen molar-refractivity contribution in [2.75, 3.05) is 19.6 Å². The SMILES string of the molecule is O=C1CCC(=O)N1CCN1C[C@H](O)C[C@H]1c1cc(F)ccc1F. The molecule has 0 aliphatic carbocycles. The lowest BCUT2D eigenvalue weighted by Crippen LogP contribution is -2.38. The lowest BCUT2D eigenvalue weighted by molar-refractivity contribution is -0.138. The van der Waals surface area contributed by atoms with E-state index in [1.807, 2.05) is 0 Å². The minimum absolute atomic E-state index is 0.195. The van der Waals surface area contributed by atoms with Gasteiger partial charge in [0.1, 0.15) is 11.6 Å². The molecule has 2 amide bonds. The number of β-amino-alcohol motifs (C(OH)–C–C–N with tert-alkyl or cyclic N) is 1. The Labute approximate surface area is 132 Å². The van der Waals surface area contributed by atoms with Crippen molar-refractivity contribution in [2.45, 2.75) is 31.4 Å². The van der Waals surface area contributed by atoms with Gasteiger partial charge in [-0.15, -0.1) is 0 Å². The van der Waals surface area contributed by atoms with E-state index in [0.717, 1.165) is 18.2 Å². The highest BCUT2D eigenvalue weighted by atomic mass is 19.1. The number of benzene rings is 1. The second kappa shape index (κ2) is 6.33. The van der Waals surface area contributed by atoms with Gasteiger partial charge < -0.3 is 5.11 Å². The van der Waals surface area contributed by atoms with Gasteiger partial charge in [-0.05, 0) is 24.6 Å². The summed E-state index contributed by atoms with van der Waals surface area (Å²) in [6, 6.07) is 2.79. The molecule has 0 bridgehead atoms. The number of carbonyl (C=O) groups is 2. The monoisotopic (exact) mass is 324 g/mol. The molecule has 2 aliphatic rings. The molecule has 1 aromatic rings. The molecule has 0 radical (unpaired) electrons. The van der Waals surface area contributed by atoms with Crippen molar-refractivity contribution in [3.05, 3.63) is 35.4 Å². The summed E-state index contributed by atoms with van der Waals surface area (Å²) in [6.07, 6.45) is 0.0994. The Hall–Kier alpha value is -1.86. The number of hydrogen-bond donors (Lipinski definition) is 1. The van der Waals surface area contributed by atoms with Crippen LogP contribution in [0.4, 0.5) is 8.78 Å². The van der Waals surface area contributed by atoms with Crippen molar-refractivity contribution in [3.63, 3.8) is 0 Å². The Balaban J connectivity index is 1.73. The Bertz CT molecular complexity index is 622. The Morgan fingerprint density at radius 3 is 2.52 bits per heavy atom. The van der Waals surface area contributed by atoms with Crippen LogP contribution in [0.25, 0.3) is 0 Å². The maximum atomic E-state index is 14.0. The fraction of sp³-hybridized carbons (Fsp3) is 0.500. The number of carbonyl (C=O) groups excluding carboxylic acids is 2. The molecule has 2 fully saturated rings. The van der Waals surface area contributed by atoms with Crippen LogP contribution in [0.1, 0.15) is 30.9 Å². The van der Waals surface area contributed by atoms with E-state index in [2.05, 4.69) is 0 Å². The number of aliphatic hydroxyl groups is 1. The number of halogens is 2. The van der Waals surface area contributed by atoms with Crippen molar-refractivity contribution < 1.29 is 23.5 Å². The molecule has 2 heterocycles. The zero-order valence-corrected chi connectivity index (χ0v) is 12.5. The van der Waals surface area contributed by atoms with Crippen LogP contribution in [0, 0.1) is 11.6 Å². The number of hydrogen-bond acceptors (Lipinski definition) is 4. The normalized spacial score (nSPS) is 25.6. The molecule has 3 rings (SSSR count). The molecule has 0 aromatic heterocycles. The summed E-state index contributed by atoms with van der Waals surface area (Å²) in [5, 5.41) is 9.88. The molecule has 0 unspecified atom stereocenters. The molecule has 124 valence electrons. The predicted octanol–water partition coefficient (Wildman–Crippen LogP) is 1.22. The van der Waals surface area contributed by atoms with E-state index in [-0.39, 0.29) is 36.8 Å². The first-order valence-electron chi connectivity index (χ1n) is 7.66. The molecule has 5 nitrogen and oxygen atoms in total. The summed E-state index contributed by atoms with van der Waals surface area (Å²) in [6.45, 7) is 0.837. The van der Waals surface area contributed by atoms with Gasteiger partial charge in [-0.3, -0.25) is 19.4 Å². The summed E-state index contributed by atoms with van der Waals surface area (Å²) in [7, 11) is 0. The number of likely N-dealkylation sites (tertiary alicyclic amines) is 2. The van der Waals surface area contributed by atoms with Gasteiger partial charge >= 0.3 is 0 Å². The van der Waals surface area contributed by atoms with Crippen LogP contribution < -0.4 is 0 Å². The third-order valence-electron chi connectivity index (χ3n) is 4.46. The summed E-state index contributed by atoms with van der Waals surface area (Å²) >= 11 is 0. The highest BCUT2D eigenvalue weighted by Gasteiger charge is 2.35. The molecular weight excluding hydrogens is 306 g/mol. The van der Waals surface area contributed by atoms with Crippen molar-refractivity contribution in [2.24, 2.45) is 0 Å². The molecular formula is C16H18F2N2O3. The van der Waals surface area contributed by atoms with E-state index < -0.39 is 23.8 Å². The van der Waals surface area contributed by atoms with Crippen LogP contribution in [-0.2, 0) is 9.59 Å². The van der Waals surface area contributed by atoms with Gasteiger partial charge in [-0.1, -0.05) is 0 Å². The van der Waals surface area contributed by atoms with Gasteiger partial charge in [-0.2, -0.15) is 0 Å². The highest BCUT2D eigenvalue weighted by molar-refractivity contribution is 6.01. The molecule has 1 aromatic carbocycles. The van der Waals surface area contributed by atoms with E-state index >= 15 is 0 Å². The molecule has 23 heavy (non-hydrogen) atoms. The van der Waals surface area contributed by atoms with E-state index in [1.54, 1.807) is 4.90 Å². The molecule has 7 heteroatoms. The van der Waals surface area contributed by atoms with Crippen LogP contribution >= 0.6 is 0 Å². The number of rotatable bonds is 4. The third kappa shape index (κ3) is 3.25. The van der Waals surface area contributed by atoms with Crippen LogP contribution in [0.3, 0.4) is 0 Å². The topological polar surface area (TPSA) is 60.9 Å². The van der Waals surface area contributed by atoms with Gasteiger partial charge in [0.05, 0.1) is 6.10 Å². The van der Waals surface area contributed by atoms with Gasteiger partial charge in [0, 0.05) is 44.1 Å². The second-order valence-electron chi connectivity index (χ2n) is 6.01. The quantitative estimate of drug-likeness (QED) is 0.846. The second-order valence-corrected chi connectivity index (χ2v) is 6.01. The van der Waals surface area contributed by atoms with Gasteiger partial charge in [0.15, 0.2) is 0 Å². The summed E-state index contributed by atoms with van der Waals surface area (Å²) < 4.78 is 27.4. The standard InChI is InChI=1S/C16H18F2N2O3/c17-10-1-2-13(18)12(7-10)14-8-11(21)9-19(14)5-6-20-15(22)3-4-16(20)23/h1-2,7,11,14,21H,3-6,8-9H2/t11-,14+/m1/s1. The zero-order valence-electron chi connectivity index (χ0n) is 12.5. The van der Waals surface area contributed by atoms with Crippen LogP contribution in [0.5, 0.6) is 0 Å². The van der Waals surface area contributed by atoms with Gasteiger partial charge in [0.25, 0.3) is 0 Å². The first-order chi connectivity index (χ1) is 11.0. The van der Waals surface area contributed by atoms with Crippen LogP contribution in [-0.4, -0.2) is 52.5 Å². The highest BCUT2D eigenvalue weighted by Crippen LogP contribution is 2.33. The first kappa shape index (κ1) is 16.0. The summed E-state index contributed by atoms with van der Waals surface area (Å²) in [5.41, 5.74) is 0.195. The average molecular weight is 324 g/mol. The fourth-order valence-corrected chi connectivity index (χ4v) is 3.32. The molecule has 0 spiro atoms. The van der Waals surface area contributed by atoms with E-state index in [1.165, 1.54) is 4.90 Å². The smallest absolute Gasteiger partial charge is 0.229 e. The maximum Gasteiger partial charge on any atom is 0.229 e. The Morgan fingerprint density at radius 2 is 1.83 bits per heavy atom. The summed E-state index contributed by atoms with van der Waals surface area (Å²) in [5.74, 6) is -1.47. The number of nitrogens with zero attached hydrogens (tertiary/aromatic N) is 2. The molecule has 2 atom stereocenters.